The highest BCUT2D eigenvalue weighted by Gasteiger charge is 2.10. The molecule has 2 rings (SSSR count). The van der Waals surface area contributed by atoms with E-state index in [4.69, 9.17) is 9.15 Å². The van der Waals surface area contributed by atoms with Gasteiger partial charge in [0.2, 0.25) is 0 Å². The molecule has 0 aliphatic rings. The van der Waals surface area contributed by atoms with Crippen LogP contribution in [0.15, 0.2) is 45.9 Å². The van der Waals surface area contributed by atoms with Gasteiger partial charge in [-0.1, -0.05) is 12.1 Å². The minimum atomic E-state index is -0.661. The van der Waals surface area contributed by atoms with Gasteiger partial charge in [-0.05, 0) is 30.7 Å². The van der Waals surface area contributed by atoms with E-state index in [9.17, 15) is 14.9 Å². The van der Waals surface area contributed by atoms with E-state index in [0.29, 0.717) is 5.75 Å². The molecule has 0 saturated heterocycles. The van der Waals surface area contributed by atoms with Gasteiger partial charge in [-0.15, -0.1) is 0 Å². The Balaban J connectivity index is 1.79. The minimum Gasteiger partial charge on any atom is -0.484 e. The normalized spacial score (nSPS) is 10.6. The van der Waals surface area contributed by atoms with Crippen LogP contribution in [0.4, 0.5) is 5.88 Å². The molecule has 8 nitrogen and oxygen atoms in total. The third-order valence-corrected chi connectivity index (χ3v) is 2.53. The van der Waals surface area contributed by atoms with Crippen molar-refractivity contribution in [3.05, 3.63) is 57.8 Å². The Bertz CT molecular complexity index is 708. The number of hydrogen-bond donors (Lipinski definition) is 1. The molecule has 0 aliphatic heterocycles. The summed E-state index contributed by atoms with van der Waals surface area (Å²) in [5.41, 5.74) is 3.25. The van der Waals surface area contributed by atoms with Gasteiger partial charge in [0.25, 0.3) is 5.91 Å². The Morgan fingerprint density at radius 1 is 1.45 bits per heavy atom. The largest absolute Gasteiger partial charge is 0.484 e. The summed E-state index contributed by atoms with van der Waals surface area (Å²) < 4.78 is 10.1. The van der Waals surface area contributed by atoms with Crippen molar-refractivity contribution in [1.29, 1.82) is 0 Å². The second-order valence-corrected chi connectivity index (χ2v) is 4.33. The van der Waals surface area contributed by atoms with E-state index < -0.39 is 16.7 Å². The predicted octanol–water partition coefficient (Wildman–Crippen LogP) is 2.03. The van der Waals surface area contributed by atoms with Crippen molar-refractivity contribution in [3.63, 3.8) is 0 Å². The highest BCUT2D eigenvalue weighted by Crippen LogP contribution is 2.14. The summed E-state index contributed by atoms with van der Waals surface area (Å²) in [6.45, 7) is 1.72. The van der Waals surface area contributed by atoms with Gasteiger partial charge in [-0.2, -0.15) is 5.10 Å². The van der Waals surface area contributed by atoms with Crippen LogP contribution in [0.5, 0.6) is 5.75 Å². The van der Waals surface area contributed by atoms with Crippen molar-refractivity contribution in [2.75, 3.05) is 6.61 Å². The number of rotatable bonds is 6. The Labute approximate surface area is 125 Å². The third-order valence-electron chi connectivity index (χ3n) is 2.53. The maximum atomic E-state index is 11.5. The quantitative estimate of drug-likeness (QED) is 0.499. The topological polar surface area (TPSA) is 107 Å². The Morgan fingerprint density at radius 3 is 2.95 bits per heavy atom. The van der Waals surface area contributed by atoms with Crippen LogP contribution >= 0.6 is 0 Å². The van der Waals surface area contributed by atoms with Crippen LogP contribution in [0.25, 0.3) is 0 Å². The second-order valence-electron chi connectivity index (χ2n) is 4.33. The zero-order chi connectivity index (χ0) is 15.9. The van der Waals surface area contributed by atoms with E-state index in [1.807, 2.05) is 19.1 Å². The monoisotopic (exact) mass is 303 g/mol. The Morgan fingerprint density at radius 2 is 2.27 bits per heavy atom. The van der Waals surface area contributed by atoms with E-state index in [1.165, 1.54) is 12.1 Å². The van der Waals surface area contributed by atoms with Crippen molar-refractivity contribution in [2.45, 2.75) is 6.92 Å². The molecule has 1 amide bonds. The van der Waals surface area contributed by atoms with Gasteiger partial charge in [-0.3, -0.25) is 14.9 Å². The zero-order valence-corrected chi connectivity index (χ0v) is 11.7. The number of benzene rings is 1. The number of nitrogens with zero attached hydrogens (tertiary/aromatic N) is 2. The van der Waals surface area contributed by atoms with Crippen LogP contribution in [0.2, 0.25) is 0 Å². The van der Waals surface area contributed by atoms with Crippen molar-refractivity contribution in [3.8, 4) is 5.75 Å². The molecule has 22 heavy (non-hydrogen) atoms. The fraction of sp³-hybridized carbons (Fsp3) is 0.143. The van der Waals surface area contributed by atoms with Crippen LogP contribution in [0.1, 0.15) is 11.3 Å². The van der Waals surface area contributed by atoms with Crippen LogP contribution in [-0.2, 0) is 4.79 Å². The fourth-order valence-corrected chi connectivity index (χ4v) is 1.56. The zero-order valence-electron chi connectivity index (χ0n) is 11.7. The lowest BCUT2D eigenvalue weighted by Gasteiger charge is -2.05. The molecule has 1 N–H and O–H groups in total. The molecule has 1 heterocycles. The van der Waals surface area contributed by atoms with Gasteiger partial charge in [0, 0.05) is 0 Å². The first-order chi connectivity index (χ1) is 10.5. The van der Waals surface area contributed by atoms with Crippen LogP contribution in [-0.4, -0.2) is 23.7 Å². The van der Waals surface area contributed by atoms with Crippen molar-refractivity contribution in [1.82, 2.24) is 5.43 Å². The molecule has 0 fully saturated rings. The SMILES string of the molecule is Cc1cccc(OCC(=O)NN=Cc2ccc([N+](=O)[O-])o2)c1. The highest BCUT2D eigenvalue weighted by molar-refractivity contribution is 5.81. The van der Waals surface area contributed by atoms with Crippen molar-refractivity contribution in [2.24, 2.45) is 5.10 Å². The Kier molecular flexibility index (Phi) is 4.86. The summed E-state index contributed by atoms with van der Waals surface area (Å²) in [5.74, 6) is -0.109. The van der Waals surface area contributed by atoms with E-state index in [1.54, 1.807) is 12.1 Å². The molecule has 0 radical (unpaired) electrons. The average Bonchev–Trinajstić information content (AvgIpc) is 2.94. The molecular weight excluding hydrogens is 290 g/mol. The molecule has 0 spiro atoms. The van der Waals surface area contributed by atoms with Gasteiger partial charge in [0.15, 0.2) is 12.4 Å². The molecule has 0 unspecified atom stereocenters. The second kappa shape index (κ2) is 7.02. The number of amides is 1. The Hall–Kier alpha value is -3.16. The lowest BCUT2D eigenvalue weighted by atomic mass is 10.2. The molecule has 0 atom stereocenters. The molecule has 0 saturated carbocycles. The lowest BCUT2D eigenvalue weighted by Crippen LogP contribution is -2.24. The molecule has 8 heteroatoms. The number of ether oxygens (including phenoxy) is 1. The fourth-order valence-electron chi connectivity index (χ4n) is 1.56. The van der Waals surface area contributed by atoms with Gasteiger partial charge in [-0.25, -0.2) is 5.43 Å². The maximum Gasteiger partial charge on any atom is 0.433 e. The number of nitrogens with one attached hydrogen (secondary N) is 1. The summed E-state index contributed by atoms with van der Waals surface area (Å²) in [6, 6.07) is 9.86. The highest BCUT2D eigenvalue weighted by atomic mass is 16.6. The van der Waals surface area contributed by atoms with Crippen molar-refractivity contribution >= 4 is 18.0 Å². The van der Waals surface area contributed by atoms with E-state index in [2.05, 4.69) is 10.5 Å². The predicted molar refractivity (Wildman–Crippen MR) is 77.8 cm³/mol. The first-order valence-corrected chi connectivity index (χ1v) is 6.30. The van der Waals surface area contributed by atoms with E-state index >= 15 is 0 Å². The third kappa shape index (κ3) is 4.44. The van der Waals surface area contributed by atoms with Gasteiger partial charge in [0.1, 0.15) is 10.7 Å². The van der Waals surface area contributed by atoms with Crippen LogP contribution in [0.3, 0.4) is 0 Å². The molecule has 114 valence electrons. The summed E-state index contributed by atoms with van der Waals surface area (Å²) >= 11 is 0. The molecular formula is C14H13N3O5. The molecule has 2 aromatic rings. The molecule has 0 bridgehead atoms. The number of carbonyl (C=O) groups excluding carboxylic acids is 1. The summed E-state index contributed by atoms with van der Waals surface area (Å²) in [6.07, 6.45) is 1.16. The standard InChI is InChI=1S/C14H13N3O5/c1-10-3-2-4-11(7-10)21-9-13(18)16-15-8-12-5-6-14(22-12)17(19)20/h2-8H,9H2,1H3,(H,16,18). The smallest absolute Gasteiger partial charge is 0.433 e. The van der Waals surface area contributed by atoms with Crippen molar-refractivity contribution < 1.29 is 18.9 Å². The van der Waals surface area contributed by atoms with Crippen LogP contribution in [0, 0.1) is 17.0 Å². The molecule has 0 aliphatic carbocycles. The number of hydrogen-bond acceptors (Lipinski definition) is 6. The first-order valence-electron chi connectivity index (χ1n) is 6.30. The summed E-state index contributed by atoms with van der Waals surface area (Å²) in [4.78, 5) is 21.3. The summed E-state index contributed by atoms with van der Waals surface area (Å²) in [5, 5.41) is 14.0. The van der Waals surface area contributed by atoms with Crippen LogP contribution < -0.4 is 10.2 Å². The van der Waals surface area contributed by atoms with E-state index in [-0.39, 0.29) is 12.4 Å². The number of hydrazone groups is 1. The average molecular weight is 303 g/mol. The molecule has 1 aromatic heterocycles. The number of furan rings is 1. The number of nitro groups is 1. The number of aryl methyl sites for hydroxylation is 1. The van der Waals surface area contributed by atoms with Gasteiger partial charge >= 0.3 is 5.88 Å². The minimum absolute atomic E-state index is 0.159. The summed E-state index contributed by atoms with van der Waals surface area (Å²) in [7, 11) is 0. The van der Waals surface area contributed by atoms with E-state index in [0.717, 1.165) is 11.8 Å². The lowest BCUT2D eigenvalue weighted by molar-refractivity contribution is -0.402. The van der Waals surface area contributed by atoms with Gasteiger partial charge in [0.05, 0.1) is 12.3 Å². The number of carbonyl (C=O) groups is 1. The maximum absolute atomic E-state index is 11.5. The first kappa shape index (κ1) is 15.2. The van der Waals surface area contributed by atoms with Gasteiger partial charge < -0.3 is 9.15 Å². The molecule has 1 aromatic carbocycles.